The number of anilines is 1. The Morgan fingerprint density at radius 1 is 1.23 bits per heavy atom. The Labute approximate surface area is 179 Å². The molecule has 2 aromatic rings. The number of likely N-dealkylation sites (tertiary alicyclic amines) is 1. The fraction of sp³-hybridized carbons (Fsp3) is 0.591. The van der Waals surface area contributed by atoms with Crippen molar-refractivity contribution in [3.8, 4) is 17.0 Å². The molecule has 1 aliphatic heterocycles. The summed E-state index contributed by atoms with van der Waals surface area (Å²) in [5, 5.41) is 10.1. The van der Waals surface area contributed by atoms with Crippen molar-refractivity contribution in [3.63, 3.8) is 0 Å². The maximum Gasteiger partial charge on any atom is 0.387 e. The third kappa shape index (κ3) is 4.34. The summed E-state index contributed by atoms with van der Waals surface area (Å²) >= 11 is 0. The summed E-state index contributed by atoms with van der Waals surface area (Å²) in [6.07, 6.45) is 3.67. The first-order chi connectivity index (χ1) is 14.7. The number of pyridine rings is 1. The molecule has 0 radical (unpaired) electrons. The first-order valence-corrected chi connectivity index (χ1v) is 10.7. The van der Waals surface area contributed by atoms with Crippen LogP contribution in [0.2, 0.25) is 0 Å². The normalized spacial score (nSPS) is 25.7. The molecule has 3 heterocycles. The molecule has 3 N–H and O–H groups in total. The highest BCUT2D eigenvalue weighted by atomic mass is 19.3. The maximum absolute atomic E-state index is 12.7. The van der Waals surface area contributed by atoms with Gasteiger partial charge in [-0.3, -0.25) is 4.90 Å². The van der Waals surface area contributed by atoms with Crippen LogP contribution in [0.5, 0.6) is 5.75 Å². The fourth-order valence-corrected chi connectivity index (χ4v) is 4.84. The van der Waals surface area contributed by atoms with E-state index < -0.39 is 12.2 Å². The van der Waals surface area contributed by atoms with E-state index in [1.54, 1.807) is 0 Å². The van der Waals surface area contributed by atoms with Gasteiger partial charge in [-0.15, -0.1) is 0 Å². The molecule has 2 unspecified atom stereocenters. The Kier molecular flexibility index (Phi) is 4.86. The van der Waals surface area contributed by atoms with Crippen molar-refractivity contribution in [1.82, 2.24) is 19.9 Å². The number of rotatable bonds is 7. The molecule has 2 aliphatic carbocycles. The first-order valence-electron chi connectivity index (χ1n) is 10.7. The van der Waals surface area contributed by atoms with Gasteiger partial charge in [-0.1, -0.05) is 0 Å². The van der Waals surface area contributed by atoms with Gasteiger partial charge in [0.05, 0.1) is 11.3 Å². The van der Waals surface area contributed by atoms with Gasteiger partial charge in [0.2, 0.25) is 0 Å². The van der Waals surface area contributed by atoms with Crippen LogP contribution >= 0.6 is 0 Å². The van der Waals surface area contributed by atoms with E-state index in [1.807, 2.05) is 19.9 Å². The van der Waals surface area contributed by atoms with Crippen LogP contribution in [0.15, 0.2) is 18.3 Å². The van der Waals surface area contributed by atoms with Gasteiger partial charge in [0.25, 0.3) is 0 Å². The van der Waals surface area contributed by atoms with E-state index in [0.717, 1.165) is 37.4 Å². The third-order valence-corrected chi connectivity index (χ3v) is 6.32. The van der Waals surface area contributed by atoms with Crippen molar-refractivity contribution in [2.45, 2.75) is 50.7 Å². The minimum Gasteiger partial charge on any atom is -0.431 e. The van der Waals surface area contributed by atoms with Crippen molar-refractivity contribution in [2.75, 3.05) is 25.4 Å². The van der Waals surface area contributed by atoms with Crippen molar-refractivity contribution >= 4 is 5.82 Å². The van der Waals surface area contributed by atoms with Crippen molar-refractivity contribution < 1.29 is 18.6 Å². The van der Waals surface area contributed by atoms with Gasteiger partial charge >= 0.3 is 6.61 Å². The molecule has 3 fully saturated rings. The number of halogens is 2. The number of nitrogens with zero attached hydrogens (tertiary/aromatic N) is 4. The van der Waals surface area contributed by atoms with Gasteiger partial charge in [-0.25, -0.2) is 15.0 Å². The Balaban J connectivity index is 1.40. The molecule has 0 amide bonds. The van der Waals surface area contributed by atoms with Crippen LogP contribution in [0.25, 0.3) is 11.3 Å². The van der Waals surface area contributed by atoms with E-state index in [9.17, 15) is 13.9 Å². The Bertz CT molecular complexity index is 980. The van der Waals surface area contributed by atoms with Crippen LogP contribution in [-0.2, 0) is 0 Å². The molecule has 0 spiro atoms. The topological polar surface area (TPSA) is 97.4 Å². The fourth-order valence-electron chi connectivity index (χ4n) is 4.84. The van der Waals surface area contributed by atoms with Crippen LogP contribution in [0.1, 0.15) is 50.0 Å². The monoisotopic (exact) mass is 431 g/mol. The second-order valence-electron chi connectivity index (χ2n) is 9.66. The highest BCUT2D eigenvalue weighted by Gasteiger charge is 2.57. The number of hydrogen-bond donors (Lipinski definition) is 2. The molecule has 166 valence electrons. The molecular weight excluding hydrogens is 404 g/mol. The van der Waals surface area contributed by atoms with Crippen molar-refractivity contribution in [2.24, 2.45) is 11.8 Å². The predicted octanol–water partition coefficient (Wildman–Crippen LogP) is 3.02. The summed E-state index contributed by atoms with van der Waals surface area (Å²) in [4.78, 5) is 15.9. The number of piperidine rings is 1. The lowest BCUT2D eigenvalue weighted by molar-refractivity contribution is -0.0494. The molecule has 0 bridgehead atoms. The summed E-state index contributed by atoms with van der Waals surface area (Å²) in [6, 6.07) is 3.42. The van der Waals surface area contributed by atoms with Gasteiger partial charge < -0.3 is 15.6 Å². The summed E-state index contributed by atoms with van der Waals surface area (Å²) in [7, 11) is 0. The van der Waals surface area contributed by atoms with E-state index in [0.29, 0.717) is 41.5 Å². The molecular formula is C22H27F2N5O2. The quantitative estimate of drug-likeness (QED) is 0.695. The number of β-amino-alcohol motifs (C(OH)–C–C–N with tert-alkyl or cyclic N) is 1. The number of hydrogen-bond acceptors (Lipinski definition) is 7. The third-order valence-electron chi connectivity index (χ3n) is 6.32. The van der Waals surface area contributed by atoms with Crippen molar-refractivity contribution in [3.05, 3.63) is 29.8 Å². The van der Waals surface area contributed by atoms with E-state index in [1.165, 1.54) is 12.3 Å². The molecule has 9 heteroatoms. The lowest BCUT2D eigenvalue weighted by Gasteiger charge is -2.27. The summed E-state index contributed by atoms with van der Waals surface area (Å²) in [6.45, 7) is 3.26. The highest BCUT2D eigenvalue weighted by molar-refractivity contribution is 5.64. The Morgan fingerprint density at radius 3 is 2.55 bits per heavy atom. The van der Waals surface area contributed by atoms with Crippen LogP contribution in [-0.4, -0.2) is 56.8 Å². The standard InChI is InChI=1S/C22H27F2N5O2/c1-22(2,30)10-29-8-13-14(9-29)18(13)16-6-15(27-20(28-16)11-3-4-11)12-5-17(31-21(23)24)19(25)26-7-12/h5-7,11,13-14,18,21,30H,3-4,8-10H2,1-2H3,(H2,25,26). The average molecular weight is 431 g/mol. The second-order valence-corrected chi connectivity index (χ2v) is 9.66. The number of fused-ring (bicyclic) bond motifs is 1. The van der Waals surface area contributed by atoms with E-state index in [-0.39, 0.29) is 11.6 Å². The molecule has 3 aliphatic rings. The van der Waals surface area contributed by atoms with E-state index in [4.69, 9.17) is 15.7 Å². The molecule has 2 aromatic heterocycles. The van der Waals surface area contributed by atoms with Crippen molar-refractivity contribution in [1.29, 1.82) is 0 Å². The molecule has 7 nitrogen and oxygen atoms in total. The minimum atomic E-state index is -2.97. The van der Waals surface area contributed by atoms with Gasteiger partial charge in [-0.05, 0) is 50.7 Å². The Hall–Kier alpha value is -2.39. The predicted molar refractivity (Wildman–Crippen MR) is 111 cm³/mol. The molecule has 1 saturated heterocycles. The van der Waals surface area contributed by atoms with Gasteiger partial charge in [0, 0.05) is 48.9 Å². The molecule has 5 rings (SSSR count). The smallest absolute Gasteiger partial charge is 0.387 e. The maximum atomic E-state index is 12.7. The average Bonchev–Trinajstić information content (AvgIpc) is 3.59. The van der Waals surface area contributed by atoms with Gasteiger partial charge in [0.15, 0.2) is 11.6 Å². The molecule has 31 heavy (non-hydrogen) atoms. The molecule has 2 saturated carbocycles. The SMILES string of the molecule is CC(C)(O)CN1CC2C(C1)C2c1cc(-c2cnc(N)c(OC(F)F)c2)nc(C2CC2)n1. The Morgan fingerprint density at radius 2 is 1.94 bits per heavy atom. The largest absolute Gasteiger partial charge is 0.431 e. The zero-order valence-corrected chi connectivity index (χ0v) is 17.6. The summed E-state index contributed by atoms with van der Waals surface area (Å²) in [5.41, 5.74) is 7.25. The lowest BCUT2D eigenvalue weighted by Crippen LogP contribution is -2.38. The number of nitrogens with two attached hydrogens (primary N) is 1. The van der Waals surface area contributed by atoms with Crippen LogP contribution < -0.4 is 10.5 Å². The van der Waals surface area contributed by atoms with Crippen LogP contribution in [0, 0.1) is 11.8 Å². The lowest BCUT2D eigenvalue weighted by atomic mass is 10.1. The number of nitrogen functional groups attached to an aromatic ring is 1. The molecule has 2 atom stereocenters. The molecule has 0 aromatic carbocycles. The summed E-state index contributed by atoms with van der Waals surface area (Å²) in [5.74, 6) is 2.38. The van der Waals surface area contributed by atoms with Crippen LogP contribution in [0.3, 0.4) is 0 Å². The highest BCUT2D eigenvalue weighted by Crippen LogP contribution is 2.58. The zero-order chi connectivity index (χ0) is 21.9. The van der Waals surface area contributed by atoms with Gasteiger partial charge in [0.1, 0.15) is 5.82 Å². The van der Waals surface area contributed by atoms with E-state index in [2.05, 4.69) is 14.6 Å². The van der Waals surface area contributed by atoms with E-state index >= 15 is 0 Å². The van der Waals surface area contributed by atoms with Gasteiger partial charge in [-0.2, -0.15) is 8.78 Å². The first kappa shape index (κ1) is 20.5. The van der Waals surface area contributed by atoms with Crippen LogP contribution in [0.4, 0.5) is 14.6 Å². The number of aliphatic hydroxyl groups is 1. The minimum absolute atomic E-state index is 0.0793. The second kappa shape index (κ2) is 7.34. The summed E-state index contributed by atoms with van der Waals surface area (Å²) < 4.78 is 29.9. The number of ether oxygens (including phenoxy) is 1. The zero-order valence-electron chi connectivity index (χ0n) is 17.6. The number of alkyl halides is 2. The number of aromatic nitrogens is 3.